The van der Waals surface area contributed by atoms with E-state index in [1.165, 1.54) is 0 Å². The van der Waals surface area contributed by atoms with E-state index >= 15 is 0 Å². The Hall–Kier alpha value is -2.53. The maximum atomic E-state index is 12.7. The summed E-state index contributed by atoms with van der Waals surface area (Å²) in [4.78, 5) is 25.9. The highest BCUT2D eigenvalue weighted by Gasteiger charge is 2.26. The molecular formula is C21H23ClN2O3. The molecule has 0 spiro atoms. The molecule has 1 aliphatic heterocycles. The van der Waals surface area contributed by atoms with E-state index in [0.717, 1.165) is 5.56 Å². The van der Waals surface area contributed by atoms with Gasteiger partial charge in [0.05, 0.1) is 5.69 Å². The number of halogens is 1. The van der Waals surface area contributed by atoms with Gasteiger partial charge in [0.25, 0.3) is 0 Å². The number of nitrogens with zero attached hydrogens (tertiary/aromatic N) is 1. The first-order chi connectivity index (χ1) is 12.9. The monoisotopic (exact) mass is 386 g/mol. The Morgan fingerprint density at radius 2 is 1.85 bits per heavy atom. The normalized spacial score (nSPS) is 14.7. The fourth-order valence-electron chi connectivity index (χ4n) is 3.24. The second-order valence-electron chi connectivity index (χ2n) is 6.83. The van der Waals surface area contributed by atoms with Crippen molar-refractivity contribution in [1.29, 1.82) is 0 Å². The standard InChI is InChI=1S/C21H23ClN2O3/c1-14-11-17(22)13-18(12-14)27-20-6-4-3-5-19(20)23-21(26)16-7-9-24(10-8-16)15(2)25/h3-6,11-13,16H,7-10H2,1-2H3,(H,23,26). The molecule has 6 heteroatoms. The van der Waals surface area contributed by atoms with Gasteiger partial charge in [-0.3, -0.25) is 9.59 Å². The molecule has 0 aromatic heterocycles. The number of para-hydroxylation sites is 2. The van der Waals surface area contributed by atoms with Crippen LogP contribution < -0.4 is 10.1 Å². The molecule has 142 valence electrons. The quantitative estimate of drug-likeness (QED) is 0.832. The topological polar surface area (TPSA) is 58.6 Å². The predicted molar refractivity (Wildman–Crippen MR) is 106 cm³/mol. The summed E-state index contributed by atoms with van der Waals surface area (Å²) in [5, 5.41) is 3.57. The molecule has 27 heavy (non-hydrogen) atoms. The van der Waals surface area contributed by atoms with Crippen LogP contribution in [0, 0.1) is 12.8 Å². The Kier molecular flexibility index (Phi) is 6.01. The van der Waals surface area contributed by atoms with Crippen molar-refractivity contribution < 1.29 is 14.3 Å². The number of piperidine rings is 1. The molecule has 0 unspecified atom stereocenters. The van der Waals surface area contributed by atoms with Gasteiger partial charge in [0.1, 0.15) is 5.75 Å². The molecule has 1 N–H and O–H groups in total. The second kappa shape index (κ2) is 8.44. The van der Waals surface area contributed by atoms with Crippen molar-refractivity contribution in [1.82, 2.24) is 4.90 Å². The molecule has 0 atom stereocenters. The number of likely N-dealkylation sites (tertiary alicyclic amines) is 1. The van der Waals surface area contributed by atoms with Crippen molar-refractivity contribution in [3.63, 3.8) is 0 Å². The summed E-state index contributed by atoms with van der Waals surface area (Å²) in [6.07, 6.45) is 1.34. The summed E-state index contributed by atoms with van der Waals surface area (Å²) in [6.45, 7) is 4.74. The van der Waals surface area contributed by atoms with E-state index in [1.54, 1.807) is 17.9 Å². The Morgan fingerprint density at radius 1 is 1.15 bits per heavy atom. The molecule has 0 saturated carbocycles. The number of benzene rings is 2. The van der Waals surface area contributed by atoms with E-state index in [-0.39, 0.29) is 17.7 Å². The molecule has 1 aliphatic rings. The zero-order valence-corrected chi connectivity index (χ0v) is 16.3. The van der Waals surface area contributed by atoms with E-state index in [1.807, 2.05) is 43.3 Å². The molecular weight excluding hydrogens is 364 g/mol. The third kappa shape index (κ3) is 5.01. The molecule has 1 heterocycles. The number of carbonyl (C=O) groups is 2. The summed E-state index contributed by atoms with van der Waals surface area (Å²) in [7, 11) is 0. The van der Waals surface area contributed by atoms with Gasteiger partial charge in [0.15, 0.2) is 5.75 Å². The fraction of sp³-hybridized carbons (Fsp3) is 0.333. The first-order valence-electron chi connectivity index (χ1n) is 9.03. The number of ether oxygens (including phenoxy) is 1. The predicted octanol–water partition coefficient (Wildman–Crippen LogP) is 4.64. The Labute approximate surface area is 164 Å². The average molecular weight is 387 g/mol. The van der Waals surface area contributed by atoms with Gasteiger partial charge in [-0.15, -0.1) is 0 Å². The number of hydrogen-bond donors (Lipinski definition) is 1. The second-order valence-corrected chi connectivity index (χ2v) is 7.27. The van der Waals surface area contributed by atoms with Crippen LogP contribution in [0.2, 0.25) is 5.02 Å². The molecule has 2 amide bonds. The van der Waals surface area contributed by atoms with E-state index in [0.29, 0.717) is 48.1 Å². The summed E-state index contributed by atoms with van der Waals surface area (Å²) < 4.78 is 5.96. The summed E-state index contributed by atoms with van der Waals surface area (Å²) in [6, 6.07) is 12.8. The minimum absolute atomic E-state index is 0.0449. The van der Waals surface area contributed by atoms with Crippen LogP contribution in [0.1, 0.15) is 25.3 Å². The van der Waals surface area contributed by atoms with Crippen molar-refractivity contribution in [2.45, 2.75) is 26.7 Å². The van der Waals surface area contributed by atoms with E-state index in [4.69, 9.17) is 16.3 Å². The van der Waals surface area contributed by atoms with Gasteiger partial charge in [-0.2, -0.15) is 0 Å². The van der Waals surface area contributed by atoms with Gasteiger partial charge in [0.2, 0.25) is 11.8 Å². The van der Waals surface area contributed by atoms with Gasteiger partial charge in [-0.1, -0.05) is 23.7 Å². The summed E-state index contributed by atoms with van der Waals surface area (Å²) >= 11 is 6.10. The molecule has 0 radical (unpaired) electrons. The molecule has 1 fully saturated rings. The van der Waals surface area contributed by atoms with Crippen molar-refractivity contribution in [3.8, 4) is 11.5 Å². The van der Waals surface area contributed by atoms with Gasteiger partial charge >= 0.3 is 0 Å². The van der Waals surface area contributed by atoms with Crippen LogP contribution in [-0.2, 0) is 9.59 Å². The number of rotatable bonds is 4. The van der Waals surface area contributed by atoms with Crippen molar-refractivity contribution >= 4 is 29.1 Å². The lowest BCUT2D eigenvalue weighted by atomic mass is 9.96. The van der Waals surface area contributed by atoms with Gasteiger partial charge in [0, 0.05) is 31.0 Å². The minimum Gasteiger partial charge on any atom is -0.455 e. The maximum absolute atomic E-state index is 12.7. The largest absolute Gasteiger partial charge is 0.455 e. The van der Waals surface area contributed by atoms with Crippen LogP contribution in [0.3, 0.4) is 0 Å². The van der Waals surface area contributed by atoms with Crippen LogP contribution >= 0.6 is 11.6 Å². The number of carbonyl (C=O) groups excluding carboxylic acids is 2. The number of anilines is 1. The lowest BCUT2D eigenvalue weighted by Crippen LogP contribution is -2.40. The molecule has 1 saturated heterocycles. The van der Waals surface area contributed by atoms with Crippen LogP contribution in [0.4, 0.5) is 5.69 Å². The highest BCUT2D eigenvalue weighted by atomic mass is 35.5. The summed E-state index contributed by atoms with van der Waals surface area (Å²) in [5.74, 6) is 1.09. The average Bonchev–Trinajstić information content (AvgIpc) is 2.62. The van der Waals surface area contributed by atoms with Gasteiger partial charge in [-0.25, -0.2) is 0 Å². The zero-order chi connectivity index (χ0) is 19.4. The Morgan fingerprint density at radius 3 is 2.52 bits per heavy atom. The summed E-state index contributed by atoms with van der Waals surface area (Å²) in [5.41, 5.74) is 1.62. The Balaban J connectivity index is 1.69. The Bertz CT molecular complexity index is 825. The molecule has 0 bridgehead atoms. The number of amides is 2. The first kappa shape index (κ1) is 19.2. The van der Waals surface area contributed by atoms with Crippen LogP contribution in [0.15, 0.2) is 42.5 Å². The lowest BCUT2D eigenvalue weighted by molar-refractivity contribution is -0.132. The number of aryl methyl sites for hydroxylation is 1. The highest BCUT2D eigenvalue weighted by Crippen LogP contribution is 2.32. The highest BCUT2D eigenvalue weighted by molar-refractivity contribution is 6.30. The fourth-order valence-corrected chi connectivity index (χ4v) is 3.52. The molecule has 5 nitrogen and oxygen atoms in total. The van der Waals surface area contributed by atoms with E-state index < -0.39 is 0 Å². The molecule has 0 aliphatic carbocycles. The van der Waals surface area contributed by atoms with Crippen molar-refractivity contribution in [3.05, 3.63) is 53.1 Å². The number of hydrogen-bond acceptors (Lipinski definition) is 3. The molecule has 3 rings (SSSR count). The minimum atomic E-state index is -0.109. The SMILES string of the molecule is CC(=O)N1CCC(C(=O)Nc2ccccc2Oc2cc(C)cc(Cl)c2)CC1. The third-order valence-electron chi connectivity index (χ3n) is 4.70. The smallest absolute Gasteiger partial charge is 0.227 e. The van der Waals surface area contributed by atoms with Gasteiger partial charge < -0.3 is 15.0 Å². The van der Waals surface area contributed by atoms with Gasteiger partial charge in [-0.05, 0) is 55.7 Å². The first-order valence-corrected chi connectivity index (χ1v) is 9.40. The van der Waals surface area contributed by atoms with E-state index in [2.05, 4.69) is 5.32 Å². The third-order valence-corrected chi connectivity index (χ3v) is 4.92. The van der Waals surface area contributed by atoms with Crippen LogP contribution in [0.25, 0.3) is 0 Å². The van der Waals surface area contributed by atoms with Crippen molar-refractivity contribution in [2.24, 2.45) is 5.92 Å². The van der Waals surface area contributed by atoms with Crippen molar-refractivity contribution in [2.75, 3.05) is 18.4 Å². The van der Waals surface area contributed by atoms with Crippen LogP contribution in [0.5, 0.6) is 11.5 Å². The molecule has 2 aromatic carbocycles. The van der Waals surface area contributed by atoms with E-state index in [9.17, 15) is 9.59 Å². The zero-order valence-electron chi connectivity index (χ0n) is 15.5. The maximum Gasteiger partial charge on any atom is 0.227 e. The molecule has 2 aromatic rings. The lowest BCUT2D eigenvalue weighted by Gasteiger charge is -2.30. The number of nitrogens with one attached hydrogen (secondary N) is 1. The van der Waals surface area contributed by atoms with Crippen LogP contribution in [-0.4, -0.2) is 29.8 Å².